The molecule has 0 fully saturated rings. The zero-order valence-corrected chi connectivity index (χ0v) is 13.7. The molecule has 5 heteroatoms. The van der Waals surface area contributed by atoms with Crippen molar-refractivity contribution in [3.63, 3.8) is 0 Å². The highest BCUT2D eigenvalue weighted by molar-refractivity contribution is 5.85. The van der Waals surface area contributed by atoms with Gasteiger partial charge in [0.05, 0.1) is 6.61 Å². The Morgan fingerprint density at radius 1 is 1.00 bits per heavy atom. The maximum absolute atomic E-state index is 11.0. The largest absolute Gasteiger partial charge is 0.450 e. The Morgan fingerprint density at radius 2 is 1.53 bits per heavy atom. The van der Waals surface area contributed by atoms with Crippen molar-refractivity contribution in [2.24, 2.45) is 0 Å². The number of alkyl carbamates (subject to hydrolysis) is 1. The standard InChI is InChI=1S/C14H30N2O2.ClH/c1-5-14(6-2,7-3)16-12-10-9-11-15-13(17)18-8-4;/h16H,5-12H2,1-4H3,(H,15,17);1H. The minimum Gasteiger partial charge on any atom is -0.450 e. The van der Waals surface area contributed by atoms with Crippen LogP contribution >= 0.6 is 12.4 Å². The number of unbranched alkanes of at least 4 members (excludes halogenated alkanes) is 1. The molecule has 0 bridgehead atoms. The van der Waals surface area contributed by atoms with Crippen LogP contribution in [0.15, 0.2) is 0 Å². The Hall–Kier alpha value is -0.480. The van der Waals surface area contributed by atoms with Gasteiger partial charge in [0.2, 0.25) is 0 Å². The third-order valence-electron chi connectivity index (χ3n) is 3.68. The Kier molecular flexibility index (Phi) is 13.8. The molecule has 0 saturated heterocycles. The molecule has 0 aromatic heterocycles. The van der Waals surface area contributed by atoms with Crippen LogP contribution in [0.2, 0.25) is 0 Å². The second kappa shape index (κ2) is 12.5. The number of amides is 1. The third kappa shape index (κ3) is 9.11. The van der Waals surface area contributed by atoms with Crippen molar-refractivity contribution < 1.29 is 9.53 Å². The van der Waals surface area contributed by atoms with E-state index in [1.54, 1.807) is 0 Å². The van der Waals surface area contributed by atoms with Gasteiger partial charge in [-0.05, 0) is 45.6 Å². The number of halogens is 1. The quantitative estimate of drug-likeness (QED) is 0.606. The fourth-order valence-electron chi connectivity index (χ4n) is 2.10. The maximum atomic E-state index is 11.0. The van der Waals surface area contributed by atoms with Crippen LogP contribution in [0.5, 0.6) is 0 Å². The summed E-state index contributed by atoms with van der Waals surface area (Å²) in [5, 5.41) is 6.39. The molecular formula is C14H31ClN2O2. The van der Waals surface area contributed by atoms with E-state index in [0.29, 0.717) is 18.7 Å². The van der Waals surface area contributed by atoms with Crippen LogP contribution in [0, 0.1) is 0 Å². The van der Waals surface area contributed by atoms with Gasteiger partial charge in [0.25, 0.3) is 0 Å². The van der Waals surface area contributed by atoms with Gasteiger partial charge in [-0.25, -0.2) is 4.79 Å². The molecule has 0 aliphatic rings. The smallest absolute Gasteiger partial charge is 0.407 e. The Morgan fingerprint density at radius 3 is 2.00 bits per heavy atom. The molecule has 0 unspecified atom stereocenters. The van der Waals surface area contributed by atoms with Crippen LogP contribution in [0.1, 0.15) is 59.8 Å². The molecule has 0 heterocycles. The van der Waals surface area contributed by atoms with E-state index in [-0.39, 0.29) is 18.5 Å². The number of carbonyl (C=O) groups excluding carboxylic acids is 1. The predicted molar refractivity (Wildman–Crippen MR) is 83.1 cm³/mol. The molecular weight excluding hydrogens is 264 g/mol. The zero-order valence-electron chi connectivity index (χ0n) is 12.9. The fourth-order valence-corrected chi connectivity index (χ4v) is 2.10. The lowest BCUT2D eigenvalue weighted by atomic mass is 9.90. The summed E-state index contributed by atoms with van der Waals surface area (Å²) < 4.78 is 4.79. The maximum Gasteiger partial charge on any atom is 0.407 e. The van der Waals surface area contributed by atoms with Crippen molar-refractivity contribution in [1.82, 2.24) is 10.6 Å². The monoisotopic (exact) mass is 294 g/mol. The number of nitrogens with one attached hydrogen (secondary N) is 2. The minimum absolute atomic E-state index is 0. The fraction of sp³-hybridized carbons (Fsp3) is 0.929. The first kappa shape index (κ1) is 20.8. The number of rotatable bonds is 10. The van der Waals surface area contributed by atoms with Gasteiger partial charge in [-0.3, -0.25) is 0 Å². The average Bonchev–Trinajstić information content (AvgIpc) is 2.39. The first-order valence-corrected chi connectivity index (χ1v) is 7.29. The van der Waals surface area contributed by atoms with Crippen LogP contribution in [0.4, 0.5) is 4.79 Å². The second-order valence-corrected chi connectivity index (χ2v) is 4.62. The molecule has 1 amide bonds. The number of ether oxygens (including phenoxy) is 1. The summed E-state index contributed by atoms with van der Waals surface area (Å²) in [5.41, 5.74) is 0.300. The van der Waals surface area contributed by atoms with Gasteiger partial charge in [-0.2, -0.15) is 0 Å². The van der Waals surface area contributed by atoms with Crippen LogP contribution in [-0.2, 0) is 4.74 Å². The SMILES string of the molecule is CCOC(=O)NCCCCNC(CC)(CC)CC.Cl. The highest BCUT2D eigenvalue weighted by atomic mass is 35.5. The molecule has 0 aliphatic heterocycles. The van der Waals surface area contributed by atoms with Crippen LogP contribution in [0.3, 0.4) is 0 Å². The van der Waals surface area contributed by atoms with Crippen molar-refractivity contribution in [2.75, 3.05) is 19.7 Å². The lowest BCUT2D eigenvalue weighted by molar-refractivity contribution is 0.152. The van der Waals surface area contributed by atoms with Gasteiger partial charge < -0.3 is 15.4 Å². The van der Waals surface area contributed by atoms with Crippen molar-refractivity contribution >= 4 is 18.5 Å². The number of hydrogen-bond donors (Lipinski definition) is 2. The zero-order chi connectivity index (χ0) is 13.9. The average molecular weight is 295 g/mol. The Bertz CT molecular complexity index is 213. The topological polar surface area (TPSA) is 50.4 Å². The van der Waals surface area contributed by atoms with Crippen molar-refractivity contribution in [3.8, 4) is 0 Å². The van der Waals surface area contributed by atoms with Crippen LogP contribution < -0.4 is 10.6 Å². The molecule has 2 N–H and O–H groups in total. The van der Waals surface area contributed by atoms with Gasteiger partial charge in [0.15, 0.2) is 0 Å². The lowest BCUT2D eigenvalue weighted by Crippen LogP contribution is -2.44. The predicted octanol–water partition coefficient (Wildman–Crippen LogP) is 3.49. The van der Waals surface area contributed by atoms with E-state index >= 15 is 0 Å². The molecule has 0 aromatic carbocycles. The van der Waals surface area contributed by atoms with E-state index in [1.807, 2.05) is 6.92 Å². The highest BCUT2D eigenvalue weighted by Crippen LogP contribution is 2.18. The van der Waals surface area contributed by atoms with E-state index in [9.17, 15) is 4.79 Å². The molecule has 4 nitrogen and oxygen atoms in total. The summed E-state index contributed by atoms with van der Waals surface area (Å²) in [6, 6.07) is 0. The molecule has 0 aromatic rings. The molecule has 0 spiro atoms. The molecule has 0 atom stereocenters. The minimum atomic E-state index is -0.310. The lowest BCUT2D eigenvalue weighted by Gasteiger charge is -2.32. The molecule has 0 aliphatic carbocycles. The second-order valence-electron chi connectivity index (χ2n) is 4.62. The third-order valence-corrected chi connectivity index (χ3v) is 3.68. The van der Waals surface area contributed by atoms with Crippen molar-refractivity contribution in [2.45, 2.75) is 65.3 Å². The molecule has 0 saturated carbocycles. The van der Waals surface area contributed by atoms with E-state index in [2.05, 4.69) is 31.4 Å². The van der Waals surface area contributed by atoms with Gasteiger partial charge in [0.1, 0.15) is 0 Å². The van der Waals surface area contributed by atoms with Crippen LogP contribution in [-0.4, -0.2) is 31.3 Å². The summed E-state index contributed by atoms with van der Waals surface area (Å²) in [7, 11) is 0. The van der Waals surface area contributed by atoms with Crippen molar-refractivity contribution in [3.05, 3.63) is 0 Å². The summed E-state index contributed by atoms with van der Waals surface area (Å²) in [6.07, 6.45) is 5.26. The first-order valence-electron chi connectivity index (χ1n) is 7.29. The molecule has 116 valence electrons. The Labute approximate surface area is 124 Å². The van der Waals surface area contributed by atoms with E-state index in [0.717, 1.165) is 19.4 Å². The summed E-state index contributed by atoms with van der Waals surface area (Å²) in [4.78, 5) is 11.0. The number of carbonyl (C=O) groups is 1. The summed E-state index contributed by atoms with van der Waals surface area (Å²) >= 11 is 0. The molecule has 0 rings (SSSR count). The summed E-state index contributed by atoms with van der Waals surface area (Å²) in [5.74, 6) is 0. The Balaban J connectivity index is 0. The van der Waals surface area contributed by atoms with Gasteiger partial charge >= 0.3 is 6.09 Å². The van der Waals surface area contributed by atoms with Gasteiger partial charge in [0, 0.05) is 12.1 Å². The van der Waals surface area contributed by atoms with E-state index < -0.39 is 0 Å². The number of hydrogen-bond acceptors (Lipinski definition) is 3. The van der Waals surface area contributed by atoms with E-state index in [4.69, 9.17) is 4.74 Å². The normalized spacial score (nSPS) is 10.7. The first-order chi connectivity index (χ1) is 8.64. The molecule has 19 heavy (non-hydrogen) atoms. The van der Waals surface area contributed by atoms with Crippen molar-refractivity contribution in [1.29, 1.82) is 0 Å². The summed E-state index contributed by atoms with van der Waals surface area (Å²) in [6.45, 7) is 10.7. The van der Waals surface area contributed by atoms with Gasteiger partial charge in [-0.15, -0.1) is 12.4 Å². The highest BCUT2D eigenvalue weighted by Gasteiger charge is 2.21. The van der Waals surface area contributed by atoms with E-state index in [1.165, 1.54) is 19.3 Å². The molecule has 0 radical (unpaired) electrons. The van der Waals surface area contributed by atoms with Crippen LogP contribution in [0.25, 0.3) is 0 Å². The van der Waals surface area contributed by atoms with Gasteiger partial charge in [-0.1, -0.05) is 20.8 Å².